The molecule has 2 aliphatic heterocycles. The van der Waals surface area contributed by atoms with Gasteiger partial charge < -0.3 is 9.80 Å². The minimum absolute atomic E-state index is 0.417. The number of hydrogen-bond acceptors (Lipinski definition) is 6. The van der Waals surface area contributed by atoms with Crippen LogP contribution in [0.5, 0.6) is 0 Å². The van der Waals surface area contributed by atoms with Crippen LogP contribution in [0.1, 0.15) is 20.7 Å². The second kappa shape index (κ2) is 6.53. The highest BCUT2D eigenvalue weighted by Crippen LogP contribution is 2.48. The van der Waals surface area contributed by atoms with Gasteiger partial charge in [-0.2, -0.15) is 0 Å². The summed E-state index contributed by atoms with van der Waals surface area (Å²) in [5.41, 5.74) is 3.53. The molecular formula is C18H16N2O2S2. The van der Waals surface area contributed by atoms with E-state index >= 15 is 0 Å². The lowest BCUT2D eigenvalue weighted by molar-refractivity contribution is 0.111. The van der Waals surface area contributed by atoms with E-state index in [1.807, 2.05) is 70.1 Å². The predicted molar refractivity (Wildman–Crippen MR) is 101 cm³/mol. The van der Waals surface area contributed by atoms with Crippen LogP contribution in [-0.4, -0.2) is 36.4 Å². The van der Waals surface area contributed by atoms with Crippen LogP contribution in [0.25, 0.3) is 0 Å². The standard InChI is InChI=1S/C18H16N2O2S2/c21-11-13-5-1-3-7-15(13)19-9-17(19)23-24-18-10-20(18)16-8-4-2-6-14(16)12-22/h1-8,11-12,17-18H,9-10H2. The van der Waals surface area contributed by atoms with E-state index in [2.05, 4.69) is 9.80 Å². The third-order valence-electron chi connectivity index (χ3n) is 4.16. The first-order chi connectivity index (χ1) is 11.8. The predicted octanol–water partition coefficient (Wildman–Crippen LogP) is 3.69. The number of nitrogens with zero attached hydrogens (tertiary/aromatic N) is 2. The monoisotopic (exact) mass is 356 g/mol. The van der Waals surface area contributed by atoms with Crippen molar-refractivity contribution >= 4 is 45.5 Å². The van der Waals surface area contributed by atoms with Gasteiger partial charge in [-0.05, 0) is 24.3 Å². The number of hydrogen-bond donors (Lipinski definition) is 0. The van der Waals surface area contributed by atoms with Gasteiger partial charge in [0.05, 0.1) is 0 Å². The summed E-state index contributed by atoms with van der Waals surface area (Å²) in [6, 6.07) is 15.4. The summed E-state index contributed by atoms with van der Waals surface area (Å²) in [5, 5.41) is 0.833. The van der Waals surface area contributed by atoms with Gasteiger partial charge in [-0.15, -0.1) is 0 Å². The largest absolute Gasteiger partial charge is 0.353 e. The second-order valence-corrected chi connectivity index (χ2v) is 8.39. The number of carbonyl (C=O) groups is 2. The Hall–Kier alpha value is -1.92. The second-order valence-electron chi connectivity index (χ2n) is 5.76. The molecule has 24 heavy (non-hydrogen) atoms. The number of para-hydroxylation sites is 2. The Bertz CT molecular complexity index is 718. The van der Waals surface area contributed by atoms with E-state index in [-0.39, 0.29) is 0 Å². The van der Waals surface area contributed by atoms with E-state index < -0.39 is 0 Å². The number of rotatable bonds is 7. The number of anilines is 2. The van der Waals surface area contributed by atoms with Crippen LogP contribution in [0, 0.1) is 0 Å². The van der Waals surface area contributed by atoms with Crippen molar-refractivity contribution in [1.82, 2.24) is 0 Å². The summed E-state index contributed by atoms with van der Waals surface area (Å²) in [4.78, 5) is 26.7. The Morgan fingerprint density at radius 1 is 0.750 bits per heavy atom. The molecule has 2 heterocycles. The Morgan fingerprint density at radius 3 is 1.58 bits per heavy atom. The smallest absolute Gasteiger partial charge is 0.152 e. The van der Waals surface area contributed by atoms with E-state index in [9.17, 15) is 9.59 Å². The summed E-state index contributed by atoms with van der Waals surface area (Å²) in [6.07, 6.45) is 1.84. The van der Waals surface area contributed by atoms with Crippen LogP contribution in [0.3, 0.4) is 0 Å². The molecule has 6 heteroatoms. The first-order valence-corrected chi connectivity index (χ1v) is 10.0. The number of carbonyl (C=O) groups excluding carboxylic acids is 2. The molecule has 2 unspecified atom stereocenters. The average molecular weight is 356 g/mol. The van der Waals surface area contributed by atoms with Crippen LogP contribution in [0.2, 0.25) is 0 Å². The van der Waals surface area contributed by atoms with Crippen molar-refractivity contribution in [3.05, 3.63) is 59.7 Å². The Kier molecular flexibility index (Phi) is 4.24. The average Bonchev–Trinajstić information content (AvgIpc) is 3.54. The minimum Gasteiger partial charge on any atom is -0.353 e. The quantitative estimate of drug-likeness (QED) is 0.428. The molecule has 2 fully saturated rings. The fourth-order valence-corrected chi connectivity index (χ4v) is 5.63. The molecule has 0 aliphatic carbocycles. The number of aldehydes is 2. The lowest BCUT2D eigenvalue weighted by Gasteiger charge is -2.09. The van der Waals surface area contributed by atoms with Crippen LogP contribution < -0.4 is 9.80 Å². The zero-order chi connectivity index (χ0) is 16.5. The van der Waals surface area contributed by atoms with Gasteiger partial charge in [0.1, 0.15) is 10.7 Å². The van der Waals surface area contributed by atoms with Crippen LogP contribution in [0.4, 0.5) is 11.4 Å². The summed E-state index contributed by atoms with van der Waals surface area (Å²) in [5.74, 6) is 0. The highest BCUT2D eigenvalue weighted by molar-refractivity contribution is 8.77. The summed E-state index contributed by atoms with van der Waals surface area (Å²) in [7, 11) is 3.69. The molecule has 122 valence electrons. The highest BCUT2D eigenvalue weighted by atomic mass is 33.1. The van der Waals surface area contributed by atoms with E-state index in [1.54, 1.807) is 0 Å². The molecule has 0 N–H and O–H groups in total. The fraction of sp³-hybridized carbons (Fsp3) is 0.222. The molecule has 2 saturated heterocycles. The Labute approximate surface area is 148 Å². The molecule has 4 rings (SSSR count). The molecule has 0 aromatic heterocycles. The minimum atomic E-state index is 0.417. The molecule has 0 spiro atoms. The van der Waals surface area contributed by atoms with Gasteiger partial charge in [0.25, 0.3) is 0 Å². The van der Waals surface area contributed by atoms with Crippen LogP contribution >= 0.6 is 21.6 Å². The van der Waals surface area contributed by atoms with Gasteiger partial charge in [-0.25, -0.2) is 0 Å². The first-order valence-electron chi connectivity index (χ1n) is 7.75. The van der Waals surface area contributed by atoms with Crippen molar-refractivity contribution in [3.8, 4) is 0 Å². The molecule has 2 aromatic carbocycles. The highest BCUT2D eigenvalue weighted by Gasteiger charge is 2.41. The van der Waals surface area contributed by atoms with Crippen LogP contribution in [-0.2, 0) is 0 Å². The van der Waals surface area contributed by atoms with Crippen molar-refractivity contribution in [3.63, 3.8) is 0 Å². The molecule has 0 saturated carbocycles. The van der Waals surface area contributed by atoms with Gasteiger partial charge in [-0.1, -0.05) is 45.9 Å². The van der Waals surface area contributed by atoms with Gasteiger partial charge in [0.15, 0.2) is 12.6 Å². The lowest BCUT2D eigenvalue weighted by Crippen LogP contribution is -2.00. The third kappa shape index (κ3) is 3.03. The maximum absolute atomic E-state index is 11.1. The SMILES string of the molecule is O=Cc1ccccc1N1CC1SSC1CN1c1ccccc1C=O. The van der Waals surface area contributed by atoms with Gasteiger partial charge >= 0.3 is 0 Å². The summed E-state index contributed by atoms with van der Waals surface area (Å²) < 4.78 is 0. The molecule has 2 atom stereocenters. The van der Waals surface area contributed by atoms with Gasteiger partial charge in [0, 0.05) is 35.6 Å². The normalized spacial score (nSPS) is 21.5. The molecule has 0 radical (unpaired) electrons. The molecule has 0 amide bonds. The van der Waals surface area contributed by atoms with Crippen molar-refractivity contribution in [2.24, 2.45) is 0 Å². The van der Waals surface area contributed by atoms with E-state index in [0.29, 0.717) is 10.7 Å². The lowest BCUT2D eigenvalue weighted by atomic mass is 10.2. The molecular weight excluding hydrogens is 340 g/mol. The van der Waals surface area contributed by atoms with E-state index in [0.717, 1.165) is 48.2 Å². The van der Waals surface area contributed by atoms with E-state index in [4.69, 9.17) is 0 Å². The molecule has 2 aromatic rings. The number of benzene rings is 2. The third-order valence-corrected chi connectivity index (χ3v) is 7.19. The molecule has 0 bridgehead atoms. The topological polar surface area (TPSA) is 40.2 Å². The maximum Gasteiger partial charge on any atom is 0.152 e. The van der Waals surface area contributed by atoms with Gasteiger partial charge in [-0.3, -0.25) is 9.59 Å². The zero-order valence-electron chi connectivity index (χ0n) is 12.9. The van der Waals surface area contributed by atoms with Crippen molar-refractivity contribution in [2.75, 3.05) is 22.9 Å². The maximum atomic E-state index is 11.1. The van der Waals surface area contributed by atoms with E-state index in [1.165, 1.54) is 0 Å². The zero-order valence-corrected chi connectivity index (χ0v) is 14.5. The van der Waals surface area contributed by atoms with Crippen LogP contribution in [0.15, 0.2) is 48.5 Å². The fourth-order valence-electron chi connectivity index (χ4n) is 2.74. The summed E-state index contributed by atoms with van der Waals surface area (Å²) in [6.45, 7) is 1.94. The summed E-state index contributed by atoms with van der Waals surface area (Å²) >= 11 is 0. The van der Waals surface area contributed by atoms with Crippen molar-refractivity contribution in [2.45, 2.75) is 10.7 Å². The molecule has 2 aliphatic rings. The molecule has 4 nitrogen and oxygen atoms in total. The van der Waals surface area contributed by atoms with Gasteiger partial charge in [0.2, 0.25) is 0 Å². The van der Waals surface area contributed by atoms with Crippen molar-refractivity contribution < 1.29 is 9.59 Å². The van der Waals surface area contributed by atoms with Crippen molar-refractivity contribution in [1.29, 1.82) is 0 Å². The Morgan fingerprint density at radius 2 is 1.17 bits per heavy atom. The first kappa shape index (κ1) is 15.6. The Balaban J connectivity index is 1.32.